The molecule has 0 unspecified atom stereocenters. The van der Waals surface area contributed by atoms with Crippen LogP contribution in [0.3, 0.4) is 0 Å². The van der Waals surface area contributed by atoms with Crippen molar-refractivity contribution in [2.45, 2.75) is 31.3 Å². The maximum absolute atomic E-state index is 12.2. The van der Waals surface area contributed by atoms with Crippen LogP contribution < -0.4 is 10.5 Å². The van der Waals surface area contributed by atoms with E-state index in [1.165, 1.54) is 17.1 Å². The number of pyridine rings is 1. The number of nitrogens with one attached hydrogen (secondary N) is 1. The first-order valence-electron chi connectivity index (χ1n) is 6.71. The van der Waals surface area contributed by atoms with Crippen molar-refractivity contribution in [3.8, 4) is 0 Å². The Morgan fingerprint density at radius 1 is 1.43 bits per heavy atom. The Morgan fingerprint density at radius 3 is 2.95 bits per heavy atom. The van der Waals surface area contributed by atoms with Crippen LogP contribution in [0.5, 0.6) is 0 Å². The van der Waals surface area contributed by atoms with Crippen LogP contribution in [0.15, 0.2) is 35.6 Å². The van der Waals surface area contributed by atoms with Crippen LogP contribution in [-0.4, -0.2) is 29.7 Å². The van der Waals surface area contributed by atoms with Crippen molar-refractivity contribution in [3.63, 3.8) is 0 Å². The van der Waals surface area contributed by atoms with E-state index < -0.39 is 10.0 Å². The third kappa shape index (κ3) is 3.87. The molecule has 2 rings (SSSR count). The van der Waals surface area contributed by atoms with Gasteiger partial charge in [-0.15, -0.1) is 0 Å². The predicted molar refractivity (Wildman–Crippen MR) is 78.9 cm³/mol. The Balaban J connectivity index is 2.10. The summed E-state index contributed by atoms with van der Waals surface area (Å²) >= 11 is 0. The number of nitrogens with zero attached hydrogens (tertiary/aromatic N) is 3. The molecule has 0 aliphatic carbocycles. The smallest absolute Gasteiger partial charge is 0.244 e. The standard InChI is InChI=1S/C13H19N5O2S/c1-2-11-4-3-6-15-13(11)9-17-21(19,20)12-8-16-18(10-12)7-5-14/h3-4,6,8,10,17H,2,5,7,9,14H2,1H3. The lowest BCUT2D eigenvalue weighted by molar-refractivity contribution is 0.579. The van der Waals surface area contributed by atoms with Gasteiger partial charge in [-0.25, -0.2) is 13.1 Å². The lowest BCUT2D eigenvalue weighted by Crippen LogP contribution is -2.24. The first-order chi connectivity index (χ1) is 10.1. The molecule has 2 aromatic heterocycles. The maximum Gasteiger partial charge on any atom is 0.244 e. The van der Waals surface area contributed by atoms with Crippen LogP contribution in [0.25, 0.3) is 0 Å². The molecule has 8 heteroatoms. The molecule has 0 saturated heterocycles. The molecule has 0 radical (unpaired) electrons. The number of hydrogen-bond acceptors (Lipinski definition) is 5. The van der Waals surface area contributed by atoms with Crippen molar-refractivity contribution in [1.82, 2.24) is 19.5 Å². The van der Waals surface area contributed by atoms with Gasteiger partial charge in [-0.1, -0.05) is 13.0 Å². The summed E-state index contributed by atoms with van der Waals surface area (Å²) in [6, 6.07) is 3.78. The van der Waals surface area contributed by atoms with Gasteiger partial charge in [0.25, 0.3) is 0 Å². The second-order valence-corrected chi connectivity index (χ2v) is 6.28. The maximum atomic E-state index is 12.2. The number of nitrogens with two attached hydrogens (primary N) is 1. The van der Waals surface area contributed by atoms with Gasteiger partial charge in [0, 0.05) is 18.9 Å². The molecule has 21 heavy (non-hydrogen) atoms. The SMILES string of the molecule is CCc1cccnc1CNS(=O)(=O)c1cnn(CCN)c1. The topological polar surface area (TPSA) is 103 Å². The van der Waals surface area contributed by atoms with Gasteiger partial charge in [0.05, 0.1) is 25.0 Å². The first kappa shape index (κ1) is 15.6. The monoisotopic (exact) mass is 309 g/mol. The van der Waals surface area contributed by atoms with Crippen LogP contribution in [-0.2, 0) is 29.5 Å². The molecule has 3 N–H and O–H groups in total. The predicted octanol–water partition coefficient (Wildman–Crippen LogP) is 0.278. The average molecular weight is 309 g/mol. The van der Waals surface area contributed by atoms with Crippen LogP contribution >= 0.6 is 0 Å². The number of sulfonamides is 1. The summed E-state index contributed by atoms with van der Waals surface area (Å²) in [7, 11) is -3.60. The largest absolute Gasteiger partial charge is 0.329 e. The first-order valence-corrected chi connectivity index (χ1v) is 8.20. The number of rotatable bonds is 7. The lowest BCUT2D eigenvalue weighted by atomic mass is 10.1. The number of hydrogen-bond donors (Lipinski definition) is 2. The summed E-state index contributed by atoms with van der Waals surface area (Å²) < 4.78 is 28.5. The summed E-state index contributed by atoms with van der Waals surface area (Å²) in [4.78, 5) is 4.35. The van der Waals surface area contributed by atoms with Gasteiger partial charge in [0.15, 0.2) is 0 Å². The van der Waals surface area contributed by atoms with Crippen LogP contribution in [0.4, 0.5) is 0 Å². The van der Waals surface area contributed by atoms with Crippen molar-refractivity contribution >= 4 is 10.0 Å². The van der Waals surface area contributed by atoms with Gasteiger partial charge >= 0.3 is 0 Å². The Bertz CT molecular complexity index is 696. The molecular weight excluding hydrogens is 290 g/mol. The summed E-state index contributed by atoms with van der Waals surface area (Å²) in [6.07, 6.45) is 5.24. The van der Waals surface area contributed by atoms with Crippen molar-refractivity contribution in [2.24, 2.45) is 5.73 Å². The highest BCUT2D eigenvalue weighted by molar-refractivity contribution is 7.89. The summed E-state index contributed by atoms with van der Waals surface area (Å²) in [5.74, 6) is 0. The van der Waals surface area contributed by atoms with Gasteiger partial charge in [-0.3, -0.25) is 9.67 Å². The van der Waals surface area contributed by atoms with E-state index in [2.05, 4.69) is 14.8 Å². The highest BCUT2D eigenvalue weighted by Gasteiger charge is 2.17. The summed E-state index contributed by atoms with van der Waals surface area (Å²) in [5.41, 5.74) is 7.17. The van der Waals surface area contributed by atoms with Crippen LogP contribution in [0, 0.1) is 0 Å². The highest BCUT2D eigenvalue weighted by Crippen LogP contribution is 2.10. The Kier molecular flexibility index (Phi) is 5.05. The zero-order valence-electron chi connectivity index (χ0n) is 11.9. The molecule has 0 bridgehead atoms. The van der Waals surface area contributed by atoms with Crippen molar-refractivity contribution < 1.29 is 8.42 Å². The Hall–Kier alpha value is -1.77. The van der Waals surface area contributed by atoms with E-state index in [-0.39, 0.29) is 11.4 Å². The minimum Gasteiger partial charge on any atom is -0.329 e. The van der Waals surface area contributed by atoms with E-state index >= 15 is 0 Å². The quantitative estimate of drug-likeness (QED) is 0.764. The van der Waals surface area contributed by atoms with E-state index in [0.717, 1.165) is 17.7 Å². The fourth-order valence-corrected chi connectivity index (χ4v) is 2.88. The second-order valence-electron chi connectivity index (χ2n) is 4.52. The number of aryl methyl sites for hydroxylation is 1. The molecule has 2 heterocycles. The van der Waals surface area contributed by atoms with Gasteiger partial charge in [0.2, 0.25) is 10.0 Å². The van der Waals surface area contributed by atoms with Crippen LogP contribution in [0.1, 0.15) is 18.2 Å². The van der Waals surface area contributed by atoms with Crippen molar-refractivity contribution in [1.29, 1.82) is 0 Å². The molecule has 0 spiro atoms. The normalized spacial score (nSPS) is 11.7. The molecule has 0 amide bonds. The average Bonchev–Trinajstić information content (AvgIpc) is 2.95. The van der Waals surface area contributed by atoms with Crippen LogP contribution in [0.2, 0.25) is 0 Å². The molecule has 0 atom stereocenters. The van der Waals surface area contributed by atoms with Gasteiger partial charge < -0.3 is 5.73 Å². The zero-order chi connectivity index (χ0) is 15.3. The molecule has 0 fully saturated rings. The zero-order valence-corrected chi connectivity index (χ0v) is 12.7. The third-order valence-corrected chi connectivity index (χ3v) is 4.43. The molecule has 0 aliphatic heterocycles. The number of aromatic nitrogens is 3. The third-order valence-electron chi connectivity index (χ3n) is 3.07. The summed E-state index contributed by atoms with van der Waals surface area (Å²) in [6.45, 7) is 3.05. The molecule has 7 nitrogen and oxygen atoms in total. The highest BCUT2D eigenvalue weighted by atomic mass is 32.2. The second kappa shape index (κ2) is 6.79. The van der Waals surface area contributed by atoms with E-state index in [9.17, 15) is 8.42 Å². The molecular formula is C13H19N5O2S. The van der Waals surface area contributed by atoms with Gasteiger partial charge in [-0.2, -0.15) is 5.10 Å². The minimum absolute atomic E-state index is 0.130. The van der Waals surface area contributed by atoms with Crippen molar-refractivity contribution in [3.05, 3.63) is 42.0 Å². The van der Waals surface area contributed by atoms with E-state index in [4.69, 9.17) is 5.73 Å². The molecule has 114 valence electrons. The van der Waals surface area contributed by atoms with E-state index in [1.807, 2.05) is 19.1 Å². The molecule has 2 aromatic rings. The fourth-order valence-electron chi connectivity index (χ4n) is 1.94. The van der Waals surface area contributed by atoms with E-state index in [1.54, 1.807) is 6.20 Å². The Morgan fingerprint density at radius 2 is 2.24 bits per heavy atom. The van der Waals surface area contributed by atoms with Crippen molar-refractivity contribution in [2.75, 3.05) is 6.54 Å². The van der Waals surface area contributed by atoms with Gasteiger partial charge in [0.1, 0.15) is 4.90 Å². The lowest BCUT2D eigenvalue weighted by Gasteiger charge is -2.07. The van der Waals surface area contributed by atoms with Gasteiger partial charge in [-0.05, 0) is 18.1 Å². The van der Waals surface area contributed by atoms with E-state index in [0.29, 0.717) is 13.1 Å². The summed E-state index contributed by atoms with van der Waals surface area (Å²) in [5, 5.41) is 3.96. The molecule has 0 saturated carbocycles. The fraction of sp³-hybridized carbons (Fsp3) is 0.385. The molecule has 0 aliphatic rings. The molecule has 0 aromatic carbocycles. The Labute approximate surface area is 124 Å². The minimum atomic E-state index is -3.60.